The summed E-state index contributed by atoms with van der Waals surface area (Å²) >= 11 is 3.60. The number of fused-ring (bicyclic) bond motifs is 1. The van der Waals surface area contributed by atoms with Crippen molar-refractivity contribution in [3.05, 3.63) is 33.8 Å². The number of amides is 1. The first kappa shape index (κ1) is 18.5. The molecule has 21 heavy (non-hydrogen) atoms. The van der Waals surface area contributed by atoms with E-state index in [9.17, 15) is 4.79 Å². The van der Waals surface area contributed by atoms with Crippen molar-refractivity contribution in [3.8, 4) is 0 Å². The van der Waals surface area contributed by atoms with E-state index in [0.717, 1.165) is 30.3 Å². The molecule has 0 spiro atoms. The van der Waals surface area contributed by atoms with Gasteiger partial charge in [0.05, 0.1) is 5.41 Å². The summed E-state index contributed by atoms with van der Waals surface area (Å²) in [6.07, 6.45) is 2.53. The molecule has 0 aromatic heterocycles. The monoisotopic (exact) mass is 374 g/mol. The van der Waals surface area contributed by atoms with Crippen molar-refractivity contribution in [2.45, 2.75) is 39.7 Å². The Morgan fingerprint density at radius 2 is 2.05 bits per heavy atom. The first-order chi connectivity index (χ1) is 9.57. The second-order valence-electron chi connectivity index (χ2n) is 5.55. The van der Waals surface area contributed by atoms with Gasteiger partial charge in [0.15, 0.2) is 0 Å². The average molecular weight is 376 g/mol. The molecule has 0 radical (unpaired) electrons. The zero-order valence-electron chi connectivity index (χ0n) is 12.7. The SMILES string of the molecule is CCC(CC)(CN)C(=O)N1CCc2cccc(Br)c2C1.Cl. The lowest BCUT2D eigenvalue weighted by Gasteiger charge is -2.38. The van der Waals surface area contributed by atoms with Gasteiger partial charge >= 0.3 is 0 Å². The quantitative estimate of drug-likeness (QED) is 0.875. The normalized spacial score (nSPS) is 14.4. The summed E-state index contributed by atoms with van der Waals surface area (Å²) in [5.74, 6) is 0.214. The molecule has 2 N–H and O–H groups in total. The Kier molecular flexibility index (Phi) is 6.70. The number of carbonyl (C=O) groups excluding carboxylic acids is 1. The third-order valence-corrected chi connectivity index (χ3v) is 5.44. The fraction of sp³-hybridized carbons (Fsp3) is 0.562. The van der Waals surface area contributed by atoms with Gasteiger partial charge in [-0.05, 0) is 36.5 Å². The van der Waals surface area contributed by atoms with Crippen molar-refractivity contribution in [1.29, 1.82) is 0 Å². The summed E-state index contributed by atoms with van der Waals surface area (Å²) in [6.45, 7) is 6.03. The molecule has 1 aromatic rings. The molecular weight excluding hydrogens is 352 g/mol. The number of nitrogens with zero attached hydrogens (tertiary/aromatic N) is 1. The second-order valence-corrected chi connectivity index (χ2v) is 6.40. The van der Waals surface area contributed by atoms with E-state index in [-0.39, 0.29) is 18.3 Å². The maximum atomic E-state index is 12.9. The van der Waals surface area contributed by atoms with Crippen LogP contribution in [0.4, 0.5) is 0 Å². The predicted octanol–water partition coefficient (Wildman–Crippen LogP) is 3.52. The number of nitrogens with two attached hydrogens (primary N) is 1. The van der Waals surface area contributed by atoms with Crippen LogP contribution < -0.4 is 5.73 Å². The Morgan fingerprint density at radius 3 is 2.62 bits per heavy atom. The van der Waals surface area contributed by atoms with E-state index in [1.165, 1.54) is 11.1 Å². The summed E-state index contributed by atoms with van der Waals surface area (Å²) in [7, 11) is 0. The standard InChI is InChI=1S/C16H23BrN2O.ClH/c1-3-16(4-2,11-18)15(20)19-9-8-12-6-5-7-14(17)13(12)10-19;/h5-7H,3-4,8-11,18H2,1-2H3;1H. The van der Waals surface area contributed by atoms with Gasteiger partial charge in [-0.15, -0.1) is 12.4 Å². The van der Waals surface area contributed by atoms with Crippen LogP contribution in [0.3, 0.4) is 0 Å². The number of halogens is 2. The smallest absolute Gasteiger partial charge is 0.230 e. The summed E-state index contributed by atoms with van der Waals surface area (Å²) in [5.41, 5.74) is 8.10. The molecule has 0 aliphatic carbocycles. The van der Waals surface area contributed by atoms with E-state index in [0.29, 0.717) is 13.1 Å². The van der Waals surface area contributed by atoms with Gasteiger partial charge in [-0.2, -0.15) is 0 Å². The van der Waals surface area contributed by atoms with Gasteiger partial charge in [-0.3, -0.25) is 4.79 Å². The fourth-order valence-corrected chi connectivity index (χ4v) is 3.51. The molecule has 5 heteroatoms. The Hall–Kier alpha value is -0.580. The highest BCUT2D eigenvalue weighted by Gasteiger charge is 2.37. The third kappa shape index (κ3) is 3.43. The van der Waals surface area contributed by atoms with Crippen molar-refractivity contribution >= 4 is 34.2 Å². The summed E-state index contributed by atoms with van der Waals surface area (Å²) < 4.78 is 1.10. The topological polar surface area (TPSA) is 46.3 Å². The zero-order chi connectivity index (χ0) is 14.8. The third-order valence-electron chi connectivity index (χ3n) is 4.70. The van der Waals surface area contributed by atoms with Crippen LogP contribution in [0.5, 0.6) is 0 Å². The highest BCUT2D eigenvalue weighted by molar-refractivity contribution is 9.10. The highest BCUT2D eigenvalue weighted by atomic mass is 79.9. The number of carbonyl (C=O) groups is 1. The minimum Gasteiger partial charge on any atom is -0.337 e. The molecular formula is C16H24BrClN2O. The van der Waals surface area contributed by atoms with Crippen LogP contribution in [0.2, 0.25) is 0 Å². The van der Waals surface area contributed by atoms with Gasteiger partial charge in [0.1, 0.15) is 0 Å². The van der Waals surface area contributed by atoms with E-state index in [1.807, 2.05) is 11.0 Å². The van der Waals surface area contributed by atoms with Crippen LogP contribution in [-0.2, 0) is 17.8 Å². The van der Waals surface area contributed by atoms with Crippen molar-refractivity contribution in [2.75, 3.05) is 13.1 Å². The maximum absolute atomic E-state index is 12.9. The highest BCUT2D eigenvalue weighted by Crippen LogP contribution is 2.32. The summed E-state index contributed by atoms with van der Waals surface area (Å²) in [5, 5.41) is 0. The molecule has 1 amide bonds. The van der Waals surface area contributed by atoms with Crippen LogP contribution >= 0.6 is 28.3 Å². The molecule has 2 rings (SSSR count). The summed E-state index contributed by atoms with van der Waals surface area (Å²) in [6, 6.07) is 6.25. The van der Waals surface area contributed by atoms with Crippen molar-refractivity contribution < 1.29 is 4.79 Å². The van der Waals surface area contributed by atoms with Gasteiger partial charge in [0.2, 0.25) is 5.91 Å². The molecule has 0 atom stereocenters. The molecule has 3 nitrogen and oxygen atoms in total. The minimum atomic E-state index is -0.390. The number of hydrogen-bond acceptors (Lipinski definition) is 2. The molecule has 1 aromatic carbocycles. The number of benzene rings is 1. The Morgan fingerprint density at radius 1 is 1.38 bits per heavy atom. The van der Waals surface area contributed by atoms with Gasteiger partial charge in [-0.25, -0.2) is 0 Å². The molecule has 0 saturated heterocycles. The molecule has 1 aliphatic rings. The van der Waals surface area contributed by atoms with Crippen LogP contribution in [0.25, 0.3) is 0 Å². The van der Waals surface area contributed by atoms with Crippen LogP contribution in [0, 0.1) is 5.41 Å². The lowest BCUT2D eigenvalue weighted by Crippen LogP contribution is -2.49. The molecule has 0 bridgehead atoms. The number of hydrogen-bond donors (Lipinski definition) is 1. The average Bonchev–Trinajstić information content (AvgIpc) is 2.49. The van der Waals surface area contributed by atoms with E-state index < -0.39 is 5.41 Å². The minimum absolute atomic E-state index is 0. The lowest BCUT2D eigenvalue weighted by molar-refractivity contribution is -0.143. The van der Waals surface area contributed by atoms with Crippen LogP contribution in [-0.4, -0.2) is 23.9 Å². The van der Waals surface area contributed by atoms with Crippen LogP contribution in [0.1, 0.15) is 37.8 Å². The van der Waals surface area contributed by atoms with Gasteiger partial charge in [0.25, 0.3) is 0 Å². The Balaban J connectivity index is 0.00000220. The van der Waals surface area contributed by atoms with Crippen molar-refractivity contribution in [1.82, 2.24) is 4.90 Å². The Labute approximate surface area is 141 Å². The largest absolute Gasteiger partial charge is 0.337 e. The van der Waals surface area contributed by atoms with Gasteiger partial charge in [-0.1, -0.05) is 41.9 Å². The van der Waals surface area contributed by atoms with Crippen molar-refractivity contribution in [2.24, 2.45) is 11.1 Å². The molecule has 0 saturated carbocycles. The molecule has 0 fully saturated rings. The number of rotatable bonds is 4. The van der Waals surface area contributed by atoms with Crippen molar-refractivity contribution in [3.63, 3.8) is 0 Å². The molecule has 1 heterocycles. The zero-order valence-corrected chi connectivity index (χ0v) is 15.1. The first-order valence-electron chi connectivity index (χ1n) is 7.33. The first-order valence-corrected chi connectivity index (χ1v) is 8.13. The predicted molar refractivity (Wildman–Crippen MR) is 92.6 cm³/mol. The van der Waals surface area contributed by atoms with Gasteiger partial charge in [0, 0.05) is 24.1 Å². The molecule has 0 unspecified atom stereocenters. The second kappa shape index (κ2) is 7.61. The summed E-state index contributed by atoms with van der Waals surface area (Å²) in [4.78, 5) is 14.8. The van der Waals surface area contributed by atoms with E-state index in [1.54, 1.807) is 0 Å². The molecule has 1 aliphatic heterocycles. The van der Waals surface area contributed by atoms with Crippen LogP contribution in [0.15, 0.2) is 22.7 Å². The maximum Gasteiger partial charge on any atom is 0.230 e. The fourth-order valence-electron chi connectivity index (χ4n) is 2.98. The van der Waals surface area contributed by atoms with E-state index in [4.69, 9.17) is 5.73 Å². The Bertz CT molecular complexity index is 495. The molecule has 118 valence electrons. The van der Waals surface area contributed by atoms with E-state index in [2.05, 4.69) is 41.9 Å². The van der Waals surface area contributed by atoms with E-state index >= 15 is 0 Å². The lowest BCUT2D eigenvalue weighted by atomic mass is 9.80. The van der Waals surface area contributed by atoms with Gasteiger partial charge < -0.3 is 10.6 Å².